The van der Waals surface area contributed by atoms with Gasteiger partial charge in [-0.3, -0.25) is 4.79 Å². The highest BCUT2D eigenvalue weighted by atomic mass is 16.1. The van der Waals surface area contributed by atoms with Gasteiger partial charge in [0.25, 0.3) is 0 Å². The van der Waals surface area contributed by atoms with Crippen LogP contribution in [0.5, 0.6) is 0 Å². The number of nitrogens with one attached hydrogen (secondary N) is 2. The van der Waals surface area contributed by atoms with Crippen molar-refractivity contribution >= 4 is 5.91 Å². The molecular weight excluding hydrogens is 224 g/mol. The molecule has 1 aliphatic heterocycles. The van der Waals surface area contributed by atoms with Crippen molar-refractivity contribution < 1.29 is 4.79 Å². The second-order valence-electron chi connectivity index (χ2n) is 6.42. The highest BCUT2D eigenvalue weighted by molar-refractivity contribution is 5.76. The molecule has 104 valence electrons. The van der Waals surface area contributed by atoms with Gasteiger partial charge in [-0.25, -0.2) is 0 Å². The molecule has 2 rings (SSSR count). The first-order valence-electron chi connectivity index (χ1n) is 7.70. The number of carbonyl (C=O) groups excluding carboxylic acids is 1. The van der Waals surface area contributed by atoms with Gasteiger partial charge in [0.2, 0.25) is 5.91 Å². The van der Waals surface area contributed by atoms with Crippen molar-refractivity contribution in [3.63, 3.8) is 0 Å². The minimum Gasteiger partial charge on any atom is -0.351 e. The molecule has 1 unspecified atom stereocenters. The van der Waals surface area contributed by atoms with Gasteiger partial charge in [0.05, 0.1) is 0 Å². The van der Waals surface area contributed by atoms with Gasteiger partial charge in [0.15, 0.2) is 0 Å². The first kappa shape index (κ1) is 13.9. The third-order valence-corrected chi connectivity index (χ3v) is 4.58. The lowest BCUT2D eigenvalue weighted by Crippen LogP contribution is -2.47. The van der Waals surface area contributed by atoms with Crippen LogP contribution in [0.1, 0.15) is 64.7 Å². The summed E-state index contributed by atoms with van der Waals surface area (Å²) in [5.41, 5.74) is 0.0835. The van der Waals surface area contributed by atoms with Gasteiger partial charge in [-0.15, -0.1) is 0 Å². The Bertz CT molecular complexity index is 266. The van der Waals surface area contributed by atoms with Crippen molar-refractivity contribution in [1.29, 1.82) is 0 Å². The van der Waals surface area contributed by atoms with Crippen LogP contribution < -0.4 is 10.6 Å². The molecule has 18 heavy (non-hydrogen) atoms. The van der Waals surface area contributed by atoms with Gasteiger partial charge in [-0.2, -0.15) is 0 Å². The molecule has 0 aromatic heterocycles. The van der Waals surface area contributed by atoms with Crippen LogP contribution in [0.25, 0.3) is 0 Å². The fourth-order valence-electron chi connectivity index (χ4n) is 3.36. The van der Waals surface area contributed by atoms with Crippen molar-refractivity contribution in [2.45, 2.75) is 70.3 Å². The molecule has 1 heterocycles. The molecule has 1 amide bonds. The molecule has 0 bridgehead atoms. The van der Waals surface area contributed by atoms with Crippen molar-refractivity contribution in [2.75, 3.05) is 13.1 Å². The normalized spacial score (nSPS) is 27.7. The Morgan fingerprint density at radius 3 is 2.72 bits per heavy atom. The summed E-state index contributed by atoms with van der Waals surface area (Å²) in [5.74, 6) is 0.980. The lowest BCUT2D eigenvalue weighted by Gasteiger charge is -2.34. The maximum absolute atomic E-state index is 12.0. The summed E-state index contributed by atoms with van der Waals surface area (Å²) in [7, 11) is 0. The van der Waals surface area contributed by atoms with Crippen LogP contribution >= 0.6 is 0 Å². The minimum atomic E-state index is 0.0835. The highest BCUT2D eigenvalue weighted by Gasteiger charge is 2.28. The van der Waals surface area contributed by atoms with Crippen LogP contribution in [0.3, 0.4) is 0 Å². The molecule has 1 saturated carbocycles. The minimum absolute atomic E-state index is 0.0835. The molecule has 1 saturated heterocycles. The van der Waals surface area contributed by atoms with Gasteiger partial charge < -0.3 is 10.6 Å². The van der Waals surface area contributed by atoms with Gasteiger partial charge in [0, 0.05) is 12.0 Å². The molecule has 0 spiro atoms. The Hall–Kier alpha value is -0.570. The Morgan fingerprint density at radius 1 is 1.28 bits per heavy atom. The third kappa shape index (κ3) is 4.27. The first-order valence-corrected chi connectivity index (χ1v) is 7.70. The van der Waals surface area contributed by atoms with Crippen LogP contribution in [0, 0.1) is 5.92 Å². The molecular formula is C15H28N2O. The predicted octanol–water partition coefficient (Wildman–Crippen LogP) is 2.61. The summed E-state index contributed by atoms with van der Waals surface area (Å²) in [4.78, 5) is 12.0. The van der Waals surface area contributed by atoms with E-state index in [0.717, 1.165) is 32.4 Å². The quantitative estimate of drug-likeness (QED) is 0.807. The number of amides is 1. The summed E-state index contributed by atoms with van der Waals surface area (Å²) in [5, 5.41) is 6.69. The number of rotatable bonds is 4. The van der Waals surface area contributed by atoms with Crippen LogP contribution in [0.4, 0.5) is 0 Å². The third-order valence-electron chi connectivity index (χ3n) is 4.58. The first-order chi connectivity index (χ1) is 8.68. The van der Waals surface area contributed by atoms with E-state index < -0.39 is 0 Å². The monoisotopic (exact) mass is 252 g/mol. The van der Waals surface area contributed by atoms with Crippen molar-refractivity contribution in [2.24, 2.45) is 5.92 Å². The van der Waals surface area contributed by atoms with E-state index >= 15 is 0 Å². The maximum atomic E-state index is 12.0. The molecule has 2 N–H and O–H groups in total. The topological polar surface area (TPSA) is 41.1 Å². The molecule has 2 aliphatic rings. The largest absolute Gasteiger partial charge is 0.351 e. The van der Waals surface area contributed by atoms with Gasteiger partial charge >= 0.3 is 0 Å². The van der Waals surface area contributed by atoms with E-state index in [4.69, 9.17) is 0 Å². The maximum Gasteiger partial charge on any atom is 0.220 e. The van der Waals surface area contributed by atoms with Gasteiger partial charge in [-0.1, -0.05) is 19.3 Å². The molecule has 3 heteroatoms. The summed E-state index contributed by atoms with van der Waals surface area (Å²) >= 11 is 0. The van der Waals surface area contributed by atoms with Crippen LogP contribution in [0.15, 0.2) is 0 Å². The highest BCUT2D eigenvalue weighted by Crippen LogP contribution is 2.27. The summed E-state index contributed by atoms with van der Waals surface area (Å²) in [6.07, 6.45) is 10.5. The SMILES string of the molecule is CC1(NC(=O)CCC2CCCNC2)CCCCC1. The van der Waals surface area contributed by atoms with Crippen LogP contribution in [-0.4, -0.2) is 24.5 Å². The van der Waals surface area contributed by atoms with Crippen LogP contribution in [-0.2, 0) is 4.79 Å². The summed E-state index contributed by atoms with van der Waals surface area (Å²) in [6.45, 7) is 4.47. The molecule has 0 aromatic carbocycles. The predicted molar refractivity (Wildman–Crippen MR) is 74.5 cm³/mol. The second-order valence-corrected chi connectivity index (χ2v) is 6.42. The second kappa shape index (κ2) is 6.55. The molecule has 0 radical (unpaired) electrons. The summed E-state index contributed by atoms with van der Waals surface area (Å²) < 4.78 is 0. The number of carbonyl (C=O) groups is 1. The molecule has 1 atom stereocenters. The van der Waals surface area contributed by atoms with E-state index in [1.165, 1.54) is 32.1 Å². The van der Waals surface area contributed by atoms with Gasteiger partial charge in [-0.05, 0) is 58.0 Å². The van der Waals surface area contributed by atoms with Crippen molar-refractivity contribution in [1.82, 2.24) is 10.6 Å². The molecule has 1 aliphatic carbocycles. The average molecular weight is 252 g/mol. The lowest BCUT2D eigenvalue weighted by atomic mass is 9.83. The van der Waals surface area contributed by atoms with E-state index in [-0.39, 0.29) is 11.4 Å². The van der Waals surface area contributed by atoms with E-state index in [1.807, 2.05) is 0 Å². The van der Waals surface area contributed by atoms with Crippen molar-refractivity contribution in [3.05, 3.63) is 0 Å². The Morgan fingerprint density at radius 2 is 2.06 bits per heavy atom. The Balaban J connectivity index is 1.67. The summed E-state index contributed by atoms with van der Waals surface area (Å²) in [6, 6.07) is 0. The van der Waals surface area contributed by atoms with E-state index in [9.17, 15) is 4.79 Å². The van der Waals surface area contributed by atoms with Gasteiger partial charge in [0.1, 0.15) is 0 Å². The van der Waals surface area contributed by atoms with E-state index in [1.54, 1.807) is 0 Å². The smallest absolute Gasteiger partial charge is 0.220 e. The average Bonchev–Trinajstić information content (AvgIpc) is 2.38. The molecule has 2 fully saturated rings. The lowest BCUT2D eigenvalue weighted by molar-refractivity contribution is -0.123. The zero-order valence-corrected chi connectivity index (χ0v) is 11.8. The van der Waals surface area contributed by atoms with Crippen LogP contribution in [0.2, 0.25) is 0 Å². The Kier molecular flexibility index (Phi) is 5.04. The van der Waals surface area contributed by atoms with E-state index in [2.05, 4.69) is 17.6 Å². The van der Waals surface area contributed by atoms with Crippen molar-refractivity contribution in [3.8, 4) is 0 Å². The zero-order chi connectivity index (χ0) is 12.8. The zero-order valence-electron chi connectivity index (χ0n) is 11.8. The van der Waals surface area contributed by atoms with E-state index in [0.29, 0.717) is 12.3 Å². The fraction of sp³-hybridized carbons (Fsp3) is 0.933. The Labute approximate surface area is 111 Å². The standard InChI is InChI=1S/C15H28N2O/c1-15(9-3-2-4-10-15)17-14(18)8-7-13-6-5-11-16-12-13/h13,16H,2-12H2,1H3,(H,17,18). The molecule has 3 nitrogen and oxygen atoms in total. The number of hydrogen-bond donors (Lipinski definition) is 2. The fourth-order valence-corrected chi connectivity index (χ4v) is 3.36. The number of piperidine rings is 1. The number of hydrogen-bond acceptors (Lipinski definition) is 2. The molecule has 0 aromatic rings.